The molecule has 2 aromatic heterocycles. The van der Waals surface area contributed by atoms with Crippen LogP contribution in [0.4, 0.5) is 23.1 Å². The molecule has 0 bridgehead atoms. The normalized spacial score (nSPS) is 13.6. The minimum absolute atomic E-state index is 0.201. The molecule has 1 aliphatic rings. The number of hydrogen-bond donors (Lipinski definition) is 2. The smallest absolute Gasteiger partial charge is 0.222 e. The molecule has 1 saturated heterocycles. The Bertz CT molecular complexity index is 934. The van der Waals surface area contributed by atoms with Crippen molar-refractivity contribution < 1.29 is 0 Å². The van der Waals surface area contributed by atoms with Crippen LogP contribution in [0.2, 0.25) is 0 Å². The second kappa shape index (κ2) is 9.18. The van der Waals surface area contributed by atoms with Crippen LogP contribution in [0, 0.1) is 6.92 Å². The minimum Gasteiger partial charge on any atom is -0.382 e. The Hall–Kier alpha value is -3.42. The van der Waals surface area contributed by atoms with Gasteiger partial charge >= 0.3 is 0 Å². The number of rotatable bonds is 3. The maximum absolute atomic E-state index is 5.99. The van der Waals surface area contributed by atoms with Gasteiger partial charge < -0.3 is 21.3 Å². The predicted molar refractivity (Wildman–Crippen MR) is 119 cm³/mol. The Labute approximate surface area is 171 Å². The molecule has 29 heavy (non-hydrogen) atoms. The van der Waals surface area contributed by atoms with Crippen molar-refractivity contribution >= 4 is 23.1 Å². The van der Waals surface area contributed by atoms with Crippen molar-refractivity contribution in [1.82, 2.24) is 19.9 Å². The minimum atomic E-state index is 0.201. The van der Waals surface area contributed by atoms with Gasteiger partial charge in [-0.15, -0.1) is 0 Å². The third kappa shape index (κ3) is 4.71. The third-order valence-corrected chi connectivity index (χ3v) is 4.76. The molecule has 0 saturated carbocycles. The molecule has 3 heterocycles. The summed E-state index contributed by atoms with van der Waals surface area (Å²) in [5, 5.41) is 0. The van der Waals surface area contributed by atoms with Gasteiger partial charge in [0, 0.05) is 49.8 Å². The van der Waals surface area contributed by atoms with Crippen LogP contribution in [0.5, 0.6) is 0 Å². The first-order valence-electron chi connectivity index (χ1n) is 9.87. The zero-order valence-corrected chi connectivity index (χ0v) is 17.2. The van der Waals surface area contributed by atoms with E-state index in [1.165, 1.54) is 5.69 Å². The summed E-state index contributed by atoms with van der Waals surface area (Å²) < 4.78 is 0. The quantitative estimate of drug-likeness (QED) is 0.700. The first-order valence-corrected chi connectivity index (χ1v) is 9.87. The highest BCUT2D eigenvalue weighted by atomic mass is 15.3. The largest absolute Gasteiger partial charge is 0.382 e. The van der Waals surface area contributed by atoms with Gasteiger partial charge in [0.15, 0.2) is 5.82 Å². The first-order chi connectivity index (χ1) is 14.1. The fraction of sp³-hybridized carbons (Fsp3) is 0.333. The van der Waals surface area contributed by atoms with E-state index in [0.717, 1.165) is 48.8 Å². The highest BCUT2D eigenvalue weighted by Crippen LogP contribution is 2.27. The molecule has 0 atom stereocenters. The van der Waals surface area contributed by atoms with E-state index in [0.29, 0.717) is 5.82 Å². The summed E-state index contributed by atoms with van der Waals surface area (Å²) in [5.41, 5.74) is 15.8. The molecule has 4 N–H and O–H groups in total. The SMILES string of the molecule is CC.Cc1ncc(-c2cccc(N3CCN(c4cnc(N)nc4N)CC3)c2)cn1. The summed E-state index contributed by atoms with van der Waals surface area (Å²) >= 11 is 0. The lowest BCUT2D eigenvalue weighted by atomic mass is 10.1. The van der Waals surface area contributed by atoms with Gasteiger partial charge in [0.25, 0.3) is 0 Å². The Morgan fingerprint density at radius 3 is 2.14 bits per heavy atom. The molecule has 0 spiro atoms. The van der Waals surface area contributed by atoms with Gasteiger partial charge in [0.1, 0.15) is 5.82 Å². The monoisotopic (exact) mass is 392 g/mol. The fourth-order valence-electron chi connectivity index (χ4n) is 3.28. The highest BCUT2D eigenvalue weighted by molar-refractivity contribution is 5.68. The number of piperazine rings is 1. The third-order valence-electron chi connectivity index (χ3n) is 4.76. The molecule has 0 amide bonds. The van der Waals surface area contributed by atoms with Crippen molar-refractivity contribution in [2.45, 2.75) is 20.8 Å². The molecule has 0 unspecified atom stereocenters. The molecule has 0 radical (unpaired) electrons. The van der Waals surface area contributed by atoms with Gasteiger partial charge in [-0.25, -0.2) is 15.0 Å². The number of nitrogens with zero attached hydrogens (tertiary/aromatic N) is 6. The lowest BCUT2D eigenvalue weighted by Crippen LogP contribution is -2.46. The van der Waals surface area contributed by atoms with Crippen LogP contribution >= 0.6 is 0 Å². The number of aryl methyl sites for hydroxylation is 1. The Morgan fingerprint density at radius 2 is 1.48 bits per heavy atom. The van der Waals surface area contributed by atoms with Crippen molar-refractivity contribution in [2.24, 2.45) is 0 Å². The van der Waals surface area contributed by atoms with Crippen LogP contribution in [0.1, 0.15) is 19.7 Å². The van der Waals surface area contributed by atoms with E-state index in [1.54, 1.807) is 6.20 Å². The first kappa shape index (κ1) is 20.3. The van der Waals surface area contributed by atoms with Crippen LogP contribution in [-0.4, -0.2) is 46.1 Å². The lowest BCUT2D eigenvalue weighted by molar-refractivity contribution is 0.652. The van der Waals surface area contributed by atoms with Crippen molar-refractivity contribution in [1.29, 1.82) is 0 Å². The molecule has 8 nitrogen and oxygen atoms in total. The van der Waals surface area contributed by atoms with Crippen molar-refractivity contribution in [3.05, 3.63) is 48.7 Å². The Kier molecular flexibility index (Phi) is 6.43. The average molecular weight is 393 g/mol. The second-order valence-electron chi connectivity index (χ2n) is 6.54. The van der Waals surface area contributed by atoms with E-state index in [1.807, 2.05) is 33.2 Å². The second-order valence-corrected chi connectivity index (χ2v) is 6.54. The average Bonchev–Trinajstić information content (AvgIpc) is 2.76. The van der Waals surface area contributed by atoms with Gasteiger partial charge in [0.2, 0.25) is 5.95 Å². The number of nitrogen functional groups attached to an aromatic ring is 2. The van der Waals surface area contributed by atoms with Crippen molar-refractivity contribution in [2.75, 3.05) is 47.4 Å². The predicted octanol–water partition coefficient (Wildman–Crippen LogP) is 2.76. The number of nitrogens with two attached hydrogens (primary N) is 2. The van der Waals surface area contributed by atoms with Crippen LogP contribution in [0.15, 0.2) is 42.9 Å². The highest BCUT2D eigenvalue weighted by Gasteiger charge is 2.20. The van der Waals surface area contributed by atoms with Crippen LogP contribution in [0.25, 0.3) is 11.1 Å². The van der Waals surface area contributed by atoms with E-state index in [4.69, 9.17) is 11.5 Å². The molecule has 3 aromatic rings. The van der Waals surface area contributed by atoms with Gasteiger partial charge in [-0.1, -0.05) is 26.0 Å². The van der Waals surface area contributed by atoms with Crippen LogP contribution in [-0.2, 0) is 0 Å². The number of benzene rings is 1. The molecular formula is C21H28N8. The molecule has 1 aromatic carbocycles. The molecule has 1 fully saturated rings. The maximum atomic E-state index is 5.99. The van der Waals surface area contributed by atoms with Crippen molar-refractivity contribution in [3.8, 4) is 11.1 Å². The van der Waals surface area contributed by atoms with E-state index in [-0.39, 0.29) is 5.95 Å². The molecule has 1 aliphatic heterocycles. The molecule has 0 aliphatic carbocycles. The zero-order chi connectivity index (χ0) is 20.8. The molecule has 8 heteroatoms. The fourth-order valence-corrected chi connectivity index (χ4v) is 3.28. The molecular weight excluding hydrogens is 364 g/mol. The summed E-state index contributed by atoms with van der Waals surface area (Å²) in [6.07, 6.45) is 5.43. The summed E-state index contributed by atoms with van der Waals surface area (Å²) in [5.74, 6) is 1.40. The number of anilines is 4. The number of hydrogen-bond acceptors (Lipinski definition) is 8. The van der Waals surface area contributed by atoms with E-state index in [9.17, 15) is 0 Å². The van der Waals surface area contributed by atoms with Gasteiger partial charge in [-0.05, 0) is 24.6 Å². The van der Waals surface area contributed by atoms with E-state index in [2.05, 4.69) is 54.0 Å². The molecule has 4 rings (SSSR count). The topological polar surface area (TPSA) is 110 Å². The number of aromatic nitrogens is 4. The molecule has 152 valence electrons. The zero-order valence-electron chi connectivity index (χ0n) is 17.2. The van der Waals surface area contributed by atoms with Gasteiger partial charge in [-0.2, -0.15) is 4.98 Å². The Morgan fingerprint density at radius 1 is 0.828 bits per heavy atom. The van der Waals surface area contributed by atoms with Crippen LogP contribution in [0.3, 0.4) is 0 Å². The van der Waals surface area contributed by atoms with E-state index >= 15 is 0 Å². The van der Waals surface area contributed by atoms with Crippen LogP contribution < -0.4 is 21.3 Å². The Balaban J connectivity index is 0.00000117. The standard InChI is InChI=1S/C19H22N8.C2H6/c1-13-22-10-15(11-23-13)14-3-2-4-16(9-14)26-5-7-27(8-6-26)17-12-24-19(21)25-18(17)20;1-2/h2-4,9-12H,5-8H2,1H3,(H4,20,21,24,25);1-2H3. The summed E-state index contributed by atoms with van der Waals surface area (Å²) in [6.45, 7) is 9.35. The summed E-state index contributed by atoms with van der Waals surface area (Å²) in [6, 6.07) is 8.47. The maximum Gasteiger partial charge on any atom is 0.222 e. The van der Waals surface area contributed by atoms with Crippen molar-refractivity contribution in [3.63, 3.8) is 0 Å². The van der Waals surface area contributed by atoms with E-state index < -0.39 is 0 Å². The summed E-state index contributed by atoms with van der Waals surface area (Å²) in [4.78, 5) is 21.3. The van der Waals surface area contributed by atoms with Gasteiger partial charge in [-0.3, -0.25) is 0 Å². The lowest BCUT2D eigenvalue weighted by Gasteiger charge is -2.37. The van der Waals surface area contributed by atoms with Gasteiger partial charge in [0.05, 0.1) is 11.9 Å². The summed E-state index contributed by atoms with van der Waals surface area (Å²) in [7, 11) is 0.